The van der Waals surface area contributed by atoms with Gasteiger partial charge in [0.15, 0.2) is 11.5 Å². The number of alkyl halides is 6. The molecule has 0 saturated heterocycles. The number of anilines is 1. The van der Waals surface area contributed by atoms with Gasteiger partial charge < -0.3 is 10.1 Å². The molecule has 24 heteroatoms. The van der Waals surface area contributed by atoms with Crippen LogP contribution in [0.25, 0.3) is 38.9 Å². The van der Waals surface area contributed by atoms with Crippen LogP contribution < -0.4 is 20.3 Å². The first kappa shape index (κ1) is 43.6. The molecule has 7 aromatic rings. The van der Waals surface area contributed by atoms with E-state index < -0.39 is 100 Å². The third kappa shape index (κ3) is 7.99. The summed E-state index contributed by atoms with van der Waals surface area (Å²) in [5.74, 6) is -9.79. The number of nitrogens with zero attached hydrogens (tertiary/aromatic N) is 7. The molecule has 9 rings (SSSR count). The summed E-state index contributed by atoms with van der Waals surface area (Å²) in [6.07, 6.45) is -2.99. The van der Waals surface area contributed by atoms with Crippen LogP contribution in [0, 0.1) is 17.6 Å². The molecule has 3 aromatic carbocycles. The number of fused-ring (bicyclic) bond motifs is 5. The molecule has 0 bridgehead atoms. The van der Waals surface area contributed by atoms with Crippen LogP contribution in [0.2, 0.25) is 5.02 Å². The van der Waals surface area contributed by atoms with Crippen LogP contribution in [-0.4, -0.2) is 61.3 Å². The minimum absolute atomic E-state index is 0.00328. The number of rotatable bonds is 13. The summed E-state index contributed by atoms with van der Waals surface area (Å²) in [4.78, 5) is 38.4. The van der Waals surface area contributed by atoms with E-state index in [1.165, 1.54) is 60.3 Å². The number of hydrogen-bond acceptors (Lipinski definition) is 9. The average Bonchev–Trinajstić information content (AvgIpc) is 3.75. The monoisotopic (exact) mass is 947 g/mol. The topological polar surface area (TPSA) is 168 Å². The third-order valence-electron chi connectivity index (χ3n) is 11.0. The maximum absolute atomic E-state index is 15.5. The van der Waals surface area contributed by atoms with Crippen molar-refractivity contribution in [3.63, 3.8) is 0 Å². The lowest BCUT2D eigenvalue weighted by Gasteiger charge is -2.24. The predicted molar refractivity (Wildman–Crippen MR) is 218 cm³/mol. The van der Waals surface area contributed by atoms with E-state index in [-0.39, 0.29) is 73.0 Å². The number of amides is 1. The zero-order chi connectivity index (χ0) is 46.4. The SMILES string of the molecule is Cn1nc(NS(C)(=O)=O)c2c(Cl)ccc(-n3c([C@H](Cc4cc(F)cc(F)c4)NC(=O)Cn4nc(C(F)F)c5c4C(F)(F)[C@@H]4C[C@H]54)nc4nc(-c5cccc(OC(F)F)c5)ccc4c3=O)c21. The number of hydrogen-bond donors (Lipinski definition) is 2. The van der Waals surface area contributed by atoms with Gasteiger partial charge >= 0.3 is 6.61 Å². The number of sulfonamides is 1. The smallest absolute Gasteiger partial charge is 0.387 e. The Morgan fingerprint density at radius 3 is 2.43 bits per heavy atom. The molecule has 1 fully saturated rings. The van der Waals surface area contributed by atoms with Crippen molar-refractivity contribution in [1.82, 2.24) is 39.4 Å². The molecule has 0 radical (unpaired) electrons. The minimum Gasteiger partial charge on any atom is -0.435 e. The molecule has 0 aliphatic heterocycles. The molecule has 2 aliphatic rings. The number of aromatic nitrogens is 7. The minimum atomic E-state index is -3.96. The molecule has 2 aliphatic carbocycles. The van der Waals surface area contributed by atoms with Gasteiger partial charge in [0, 0.05) is 36.6 Å². The summed E-state index contributed by atoms with van der Waals surface area (Å²) < 4.78 is 149. The van der Waals surface area contributed by atoms with Crippen molar-refractivity contribution in [2.24, 2.45) is 13.0 Å². The Labute approximate surface area is 365 Å². The maximum atomic E-state index is 15.5. The van der Waals surface area contributed by atoms with Crippen LogP contribution in [-0.2, 0) is 40.8 Å². The first-order valence-electron chi connectivity index (χ1n) is 19.3. The molecular weight excluding hydrogens is 918 g/mol. The fraction of sp³-hybridized carbons (Fsp3) is 0.268. The fourth-order valence-electron chi connectivity index (χ4n) is 8.45. The maximum Gasteiger partial charge on any atom is 0.387 e. The molecule has 3 atom stereocenters. The van der Waals surface area contributed by atoms with Gasteiger partial charge in [0.2, 0.25) is 15.9 Å². The van der Waals surface area contributed by atoms with E-state index >= 15 is 8.78 Å². The third-order valence-corrected chi connectivity index (χ3v) is 11.9. The number of aryl methyl sites for hydroxylation is 1. The molecule has 0 spiro atoms. The largest absolute Gasteiger partial charge is 0.435 e. The highest BCUT2D eigenvalue weighted by atomic mass is 35.5. The fourth-order valence-corrected chi connectivity index (χ4v) is 9.19. The molecule has 0 unspecified atom stereocenters. The second-order valence-electron chi connectivity index (χ2n) is 15.5. The normalized spacial score (nSPS) is 16.9. The van der Waals surface area contributed by atoms with Gasteiger partial charge in [0.1, 0.15) is 41.1 Å². The van der Waals surface area contributed by atoms with Crippen molar-refractivity contribution in [3.05, 3.63) is 122 Å². The number of carbonyl (C=O) groups is 1. The van der Waals surface area contributed by atoms with E-state index in [4.69, 9.17) is 16.6 Å². The standard InChI is InChI=1S/C41H30ClF8N9O5S/c1-57-33-28(9-7-25(42)31(33)37(55-57)56-65(2,62)63)59-38(53-36-22(39(59)61)6-8-26(52-36)18-4-3-5-21(13-18)64-40(47)48)27(12-17-10-19(43)14-20(44)11-17)51-29(60)16-58-34-30(32(54-58)35(45)46)23-15-24(23)41(34,49)50/h3-11,13-14,23-24,27,35,40H,12,15-16H2,1-2H3,(H,51,60)(H,55,56)/t23-,24+,27-/m0/s1. The zero-order valence-electron chi connectivity index (χ0n) is 33.3. The highest BCUT2D eigenvalue weighted by molar-refractivity contribution is 7.92. The number of pyridine rings is 1. The summed E-state index contributed by atoms with van der Waals surface area (Å²) in [6, 6.07) is 11.6. The van der Waals surface area contributed by atoms with Crippen molar-refractivity contribution in [2.75, 3.05) is 11.0 Å². The van der Waals surface area contributed by atoms with Crippen LogP contribution in [0.15, 0.2) is 71.5 Å². The molecule has 1 saturated carbocycles. The summed E-state index contributed by atoms with van der Waals surface area (Å²) in [6.45, 7) is -4.21. The number of carbonyl (C=O) groups excluding carboxylic acids is 1. The van der Waals surface area contributed by atoms with E-state index in [2.05, 4.69) is 30.0 Å². The number of halogens is 9. The summed E-state index contributed by atoms with van der Waals surface area (Å²) in [5, 5.41) is 10.4. The van der Waals surface area contributed by atoms with Crippen LogP contribution in [0.1, 0.15) is 53.1 Å². The molecule has 2 N–H and O–H groups in total. The van der Waals surface area contributed by atoms with Crippen molar-refractivity contribution in [3.8, 4) is 22.7 Å². The molecule has 4 heterocycles. The van der Waals surface area contributed by atoms with E-state index in [1.807, 2.05) is 0 Å². The van der Waals surface area contributed by atoms with Gasteiger partial charge in [-0.1, -0.05) is 23.7 Å². The van der Waals surface area contributed by atoms with Gasteiger partial charge in [-0.25, -0.2) is 35.9 Å². The lowest BCUT2D eigenvalue weighted by atomic mass is 10.0. The Balaban J connectivity index is 1.25. The van der Waals surface area contributed by atoms with Crippen molar-refractivity contribution in [2.45, 2.75) is 50.3 Å². The van der Waals surface area contributed by atoms with E-state index in [0.29, 0.717) is 10.7 Å². The Hall–Kier alpha value is -6.62. The second-order valence-corrected chi connectivity index (χ2v) is 17.7. The Morgan fingerprint density at radius 1 is 1.00 bits per heavy atom. The van der Waals surface area contributed by atoms with Crippen LogP contribution in [0.3, 0.4) is 0 Å². The molecule has 1 amide bonds. The average molecular weight is 948 g/mol. The van der Waals surface area contributed by atoms with E-state index in [1.54, 1.807) is 0 Å². The molecule has 4 aromatic heterocycles. The summed E-state index contributed by atoms with van der Waals surface area (Å²) >= 11 is 6.60. The van der Waals surface area contributed by atoms with Gasteiger partial charge in [0.25, 0.3) is 17.9 Å². The lowest BCUT2D eigenvalue weighted by molar-refractivity contribution is -0.123. The summed E-state index contributed by atoms with van der Waals surface area (Å²) in [7, 11) is -2.56. The zero-order valence-corrected chi connectivity index (χ0v) is 34.9. The summed E-state index contributed by atoms with van der Waals surface area (Å²) in [5.41, 5.74) is -3.09. The van der Waals surface area contributed by atoms with Gasteiger partial charge in [-0.15, -0.1) is 0 Å². The van der Waals surface area contributed by atoms with E-state index in [9.17, 15) is 44.3 Å². The molecule has 65 heavy (non-hydrogen) atoms. The van der Waals surface area contributed by atoms with Gasteiger partial charge in [-0.3, -0.25) is 28.2 Å². The Bertz CT molecular complexity index is 3270. The van der Waals surface area contributed by atoms with Crippen LogP contribution in [0.4, 0.5) is 40.9 Å². The molecular formula is C41H30ClF8N9O5S. The number of nitrogens with one attached hydrogen (secondary N) is 2. The van der Waals surface area contributed by atoms with Crippen LogP contribution >= 0.6 is 11.6 Å². The Kier molecular flexibility index (Phi) is 10.6. The van der Waals surface area contributed by atoms with Crippen molar-refractivity contribution >= 4 is 55.3 Å². The number of benzene rings is 3. The predicted octanol–water partition coefficient (Wildman–Crippen LogP) is 7.68. The first-order valence-corrected chi connectivity index (χ1v) is 21.6. The van der Waals surface area contributed by atoms with E-state index in [0.717, 1.165) is 23.0 Å². The number of ether oxygens (including phenoxy) is 1. The van der Waals surface area contributed by atoms with Gasteiger partial charge in [0.05, 0.1) is 45.0 Å². The van der Waals surface area contributed by atoms with Gasteiger partial charge in [-0.05, 0) is 66.4 Å². The lowest BCUT2D eigenvalue weighted by Crippen LogP contribution is -2.38. The quantitative estimate of drug-likeness (QED) is 0.110. The Morgan fingerprint density at radius 2 is 1.74 bits per heavy atom. The highest BCUT2D eigenvalue weighted by Gasteiger charge is 2.67. The highest BCUT2D eigenvalue weighted by Crippen LogP contribution is 2.68. The van der Waals surface area contributed by atoms with Gasteiger partial charge in [-0.2, -0.15) is 27.8 Å². The molecule has 14 nitrogen and oxygen atoms in total. The van der Waals surface area contributed by atoms with Crippen molar-refractivity contribution < 1.29 is 53.1 Å². The van der Waals surface area contributed by atoms with Crippen molar-refractivity contribution in [1.29, 1.82) is 0 Å². The van der Waals surface area contributed by atoms with Crippen LogP contribution in [0.5, 0.6) is 5.75 Å². The first-order chi connectivity index (χ1) is 30.7. The second kappa shape index (κ2) is 15.8. The molecule has 338 valence electrons.